The van der Waals surface area contributed by atoms with Gasteiger partial charge >= 0.3 is 5.69 Å². The molecule has 1 aromatic rings. The Kier molecular flexibility index (Phi) is 5.07. The summed E-state index contributed by atoms with van der Waals surface area (Å²) < 4.78 is 25.0. The summed E-state index contributed by atoms with van der Waals surface area (Å²) in [5.41, 5.74) is -0.0763. The van der Waals surface area contributed by atoms with Gasteiger partial charge in [0.25, 0.3) is 0 Å². The Balaban J connectivity index is 1.56. The maximum atomic E-state index is 13.7. The molecule has 2 fully saturated rings. The van der Waals surface area contributed by atoms with Crippen LogP contribution in [0.1, 0.15) is 19.3 Å². The van der Waals surface area contributed by atoms with Crippen molar-refractivity contribution in [3.05, 3.63) is 34.1 Å². The largest absolute Gasteiger partial charge is 0.381 e. The number of benzene rings is 1. The number of hydrogen-bond acceptors (Lipinski definition) is 5. The molecule has 6 nitrogen and oxygen atoms in total. The van der Waals surface area contributed by atoms with Crippen molar-refractivity contribution in [2.45, 2.75) is 25.4 Å². The van der Waals surface area contributed by atoms with Crippen LogP contribution in [0.3, 0.4) is 0 Å². The third-order valence-electron chi connectivity index (χ3n) is 4.52. The van der Waals surface area contributed by atoms with E-state index in [1.165, 1.54) is 6.07 Å². The molecule has 0 aromatic heterocycles. The molecule has 23 heavy (non-hydrogen) atoms. The smallest absolute Gasteiger partial charge is 0.327 e. The van der Waals surface area contributed by atoms with Crippen LogP contribution in [0.2, 0.25) is 0 Å². The molecule has 1 atom stereocenters. The molecule has 2 aliphatic rings. The van der Waals surface area contributed by atoms with E-state index in [1.807, 2.05) is 4.90 Å². The average Bonchev–Trinajstić information content (AvgIpc) is 3.06. The molecule has 0 spiro atoms. The Morgan fingerprint density at radius 1 is 1.35 bits per heavy atom. The molecule has 126 valence electrons. The molecule has 2 aliphatic heterocycles. The minimum absolute atomic E-state index is 0.166. The van der Waals surface area contributed by atoms with Gasteiger partial charge in [0.05, 0.1) is 24.2 Å². The van der Waals surface area contributed by atoms with Crippen molar-refractivity contribution >= 4 is 11.4 Å². The van der Waals surface area contributed by atoms with Gasteiger partial charge in [0.15, 0.2) is 0 Å². The van der Waals surface area contributed by atoms with E-state index in [4.69, 9.17) is 9.47 Å². The molecule has 7 heteroatoms. The number of nitro benzene ring substituents is 1. The number of halogens is 1. The highest BCUT2D eigenvalue weighted by Gasteiger charge is 2.28. The van der Waals surface area contributed by atoms with Crippen molar-refractivity contribution in [3.8, 4) is 0 Å². The van der Waals surface area contributed by atoms with Crippen LogP contribution in [0.5, 0.6) is 0 Å². The molecule has 2 heterocycles. The van der Waals surface area contributed by atoms with Crippen LogP contribution in [-0.2, 0) is 9.47 Å². The van der Waals surface area contributed by atoms with E-state index >= 15 is 0 Å². The van der Waals surface area contributed by atoms with Gasteiger partial charge in [0.1, 0.15) is 5.69 Å². The van der Waals surface area contributed by atoms with Crippen LogP contribution < -0.4 is 4.90 Å². The first kappa shape index (κ1) is 16.1. The second-order valence-corrected chi connectivity index (χ2v) is 6.11. The fraction of sp³-hybridized carbons (Fsp3) is 0.625. The standard InChI is InChI=1S/C16H21FN2O4/c17-14-2-1-3-15(16(14)19(20)21)18-7-4-13(5-8-18)23-11-12-6-9-22-10-12/h1-3,12-13H,4-11H2. The zero-order chi connectivity index (χ0) is 16.2. The molecule has 0 saturated carbocycles. The second kappa shape index (κ2) is 7.23. The van der Waals surface area contributed by atoms with E-state index in [-0.39, 0.29) is 6.10 Å². The van der Waals surface area contributed by atoms with Gasteiger partial charge in [-0.05, 0) is 31.4 Å². The normalized spacial score (nSPS) is 22.5. The van der Waals surface area contributed by atoms with Gasteiger partial charge in [-0.2, -0.15) is 4.39 Å². The highest BCUT2D eigenvalue weighted by atomic mass is 19.1. The zero-order valence-corrected chi connectivity index (χ0v) is 12.9. The minimum atomic E-state index is -0.785. The number of anilines is 1. The van der Waals surface area contributed by atoms with Gasteiger partial charge in [-0.1, -0.05) is 6.07 Å². The van der Waals surface area contributed by atoms with Gasteiger partial charge in [0, 0.05) is 25.6 Å². The summed E-state index contributed by atoms with van der Waals surface area (Å²) in [5.74, 6) is -0.301. The molecule has 1 unspecified atom stereocenters. The Labute approximate surface area is 134 Å². The average molecular weight is 324 g/mol. The van der Waals surface area contributed by atoms with Crippen molar-refractivity contribution < 1.29 is 18.8 Å². The van der Waals surface area contributed by atoms with Crippen molar-refractivity contribution in [3.63, 3.8) is 0 Å². The SMILES string of the molecule is O=[N+]([O-])c1c(F)cccc1N1CCC(OCC2CCOC2)CC1. The summed E-state index contributed by atoms with van der Waals surface area (Å²) in [5, 5.41) is 11.1. The molecule has 0 aliphatic carbocycles. The van der Waals surface area contributed by atoms with E-state index in [2.05, 4.69) is 0 Å². The lowest BCUT2D eigenvalue weighted by Gasteiger charge is -2.33. The topological polar surface area (TPSA) is 64.8 Å². The number of para-hydroxylation sites is 1. The first-order valence-electron chi connectivity index (χ1n) is 8.02. The van der Waals surface area contributed by atoms with Crippen LogP contribution in [0.15, 0.2) is 18.2 Å². The molecule has 0 radical (unpaired) electrons. The maximum Gasteiger partial charge on any atom is 0.327 e. The Hall–Kier alpha value is -1.73. The van der Waals surface area contributed by atoms with E-state index in [1.54, 1.807) is 6.07 Å². The van der Waals surface area contributed by atoms with Crippen LogP contribution in [-0.4, -0.2) is 43.9 Å². The maximum absolute atomic E-state index is 13.7. The Morgan fingerprint density at radius 3 is 2.78 bits per heavy atom. The molecule has 0 N–H and O–H groups in total. The number of hydrogen-bond donors (Lipinski definition) is 0. The fourth-order valence-electron chi connectivity index (χ4n) is 3.19. The van der Waals surface area contributed by atoms with E-state index < -0.39 is 16.4 Å². The van der Waals surface area contributed by atoms with Crippen molar-refractivity contribution in [2.75, 3.05) is 37.8 Å². The molecular weight excluding hydrogens is 303 g/mol. The van der Waals surface area contributed by atoms with E-state index in [0.717, 1.165) is 38.5 Å². The third-order valence-corrected chi connectivity index (χ3v) is 4.52. The lowest BCUT2D eigenvalue weighted by molar-refractivity contribution is -0.386. The van der Waals surface area contributed by atoms with Crippen LogP contribution >= 0.6 is 0 Å². The van der Waals surface area contributed by atoms with E-state index in [9.17, 15) is 14.5 Å². The van der Waals surface area contributed by atoms with E-state index in [0.29, 0.717) is 31.3 Å². The van der Waals surface area contributed by atoms with Gasteiger partial charge in [-0.3, -0.25) is 10.1 Å². The number of nitro groups is 1. The fourth-order valence-corrected chi connectivity index (χ4v) is 3.19. The molecular formula is C16H21FN2O4. The van der Waals surface area contributed by atoms with Crippen molar-refractivity contribution in [1.29, 1.82) is 0 Å². The predicted octanol–water partition coefficient (Wildman–Crippen LogP) is 2.76. The van der Waals surface area contributed by atoms with Gasteiger partial charge in [0.2, 0.25) is 5.82 Å². The highest BCUT2D eigenvalue weighted by Crippen LogP contribution is 2.33. The van der Waals surface area contributed by atoms with Crippen molar-refractivity contribution in [2.24, 2.45) is 5.92 Å². The molecule has 2 saturated heterocycles. The Morgan fingerprint density at radius 2 is 2.13 bits per heavy atom. The minimum Gasteiger partial charge on any atom is -0.381 e. The molecule has 3 rings (SSSR count). The lowest BCUT2D eigenvalue weighted by Crippen LogP contribution is -2.38. The third kappa shape index (κ3) is 3.79. The number of nitrogens with zero attached hydrogens (tertiary/aromatic N) is 2. The summed E-state index contributed by atoms with van der Waals surface area (Å²) in [6, 6.07) is 4.25. The summed E-state index contributed by atoms with van der Waals surface area (Å²) in [6.45, 7) is 3.57. The summed E-state index contributed by atoms with van der Waals surface area (Å²) in [6.07, 6.45) is 2.80. The summed E-state index contributed by atoms with van der Waals surface area (Å²) >= 11 is 0. The van der Waals surface area contributed by atoms with Gasteiger partial charge in [-0.25, -0.2) is 0 Å². The van der Waals surface area contributed by atoms with Crippen molar-refractivity contribution in [1.82, 2.24) is 0 Å². The highest BCUT2D eigenvalue weighted by molar-refractivity contribution is 5.64. The van der Waals surface area contributed by atoms with Crippen LogP contribution in [0, 0.1) is 21.8 Å². The predicted molar refractivity (Wildman–Crippen MR) is 83.2 cm³/mol. The first-order chi connectivity index (χ1) is 11.1. The van der Waals surface area contributed by atoms with Crippen LogP contribution in [0.4, 0.5) is 15.8 Å². The Bertz CT molecular complexity index is 555. The monoisotopic (exact) mass is 324 g/mol. The number of piperidine rings is 1. The number of rotatable bonds is 5. The number of ether oxygens (including phenoxy) is 2. The zero-order valence-electron chi connectivity index (χ0n) is 12.9. The summed E-state index contributed by atoms with van der Waals surface area (Å²) in [4.78, 5) is 12.3. The lowest BCUT2D eigenvalue weighted by atomic mass is 10.1. The van der Waals surface area contributed by atoms with Gasteiger partial charge in [-0.15, -0.1) is 0 Å². The summed E-state index contributed by atoms with van der Waals surface area (Å²) in [7, 11) is 0. The van der Waals surface area contributed by atoms with Gasteiger partial charge < -0.3 is 14.4 Å². The quantitative estimate of drug-likeness (QED) is 0.615. The first-order valence-corrected chi connectivity index (χ1v) is 8.02. The van der Waals surface area contributed by atoms with Crippen LogP contribution in [0.25, 0.3) is 0 Å². The molecule has 0 bridgehead atoms. The molecule has 0 amide bonds. The second-order valence-electron chi connectivity index (χ2n) is 6.11. The molecule has 1 aromatic carbocycles.